The fourth-order valence-electron chi connectivity index (χ4n) is 11.2. The van der Waals surface area contributed by atoms with E-state index in [4.69, 9.17) is 0 Å². The third-order valence-electron chi connectivity index (χ3n) is 14.1. The molecule has 0 atom stereocenters. The zero-order valence-electron chi connectivity index (χ0n) is 35.6. The highest BCUT2D eigenvalue weighted by Gasteiger charge is 2.43. The third kappa shape index (κ3) is 5.11. The largest absolute Gasteiger partial charge is 0.310 e. The van der Waals surface area contributed by atoms with E-state index in [1.807, 2.05) is 0 Å². The molecule has 0 saturated heterocycles. The number of rotatable bonds is 6. The average molecular weight is 814 g/mol. The molecule has 0 aromatic heterocycles. The number of benzene rings is 9. The molecule has 0 spiro atoms. The molecule has 2 aliphatic carbocycles. The molecule has 62 heavy (non-hydrogen) atoms. The van der Waals surface area contributed by atoms with Crippen LogP contribution < -0.4 is 4.90 Å². The van der Waals surface area contributed by atoms with Crippen LogP contribution in [-0.4, -0.2) is 0 Å². The lowest BCUT2D eigenvalue weighted by atomic mass is 9.82. The first-order chi connectivity index (χ1) is 30.3. The number of nitrogens with zero attached hydrogens (tertiary/aromatic N) is 1. The van der Waals surface area contributed by atoms with Crippen LogP contribution in [0.5, 0.6) is 0 Å². The zero-order valence-corrected chi connectivity index (χ0v) is 36.4. The minimum Gasteiger partial charge on any atom is -0.310 e. The molecule has 0 N–H and O–H groups in total. The van der Waals surface area contributed by atoms with E-state index in [1.54, 1.807) is 0 Å². The predicted octanol–water partition coefficient (Wildman–Crippen LogP) is 16.8. The Labute approximate surface area is 367 Å². The first kappa shape index (κ1) is 36.9. The Morgan fingerprint density at radius 3 is 1.29 bits per heavy atom. The van der Waals surface area contributed by atoms with Gasteiger partial charge in [-0.1, -0.05) is 167 Å². The topological polar surface area (TPSA) is 3.24 Å². The number of hydrogen-bond acceptors (Lipinski definition) is 1. The molecule has 0 unspecified atom stereocenters. The first-order valence-corrected chi connectivity index (χ1v) is 23.5. The van der Waals surface area contributed by atoms with E-state index in [0.717, 1.165) is 5.69 Å². The van der Waals surface area contributed by atoms with Crippen LogP contribution in [0.4, 0.5) is 17.1 Å². The van der Waals surface area contributed by atoms with Crippen LogP contribution in [0.15, 0.2) is 232 Å². The molecular weight excluding hydrogens is 767 g/mol. The van der Waals surface area contributed by atoms with E-state index in [9.17, 15) is 0 Å². The van der Waals surface area contributed by atoms with Crippen LogP contribution in [0.1, 0.15) is 49.9 Å². The molecule has 1 aliphatic heterocycles. The molecule has 0 bridgehead atoms. The summed E-state index contributed by atoms with van der Waals surface area (Å²) in [5, 5.41) is 0. The molecule has 298 valence electrons. The van der Waals surface area contributed by atoms with Crippen LogP contribution in [-0.2, 0) is 10.8 Å². The van der Waals surface area contributed by atoms with Crippen molar-refractivity contribution in [2.45, 2.75) is 58.1 Å². The average Bonchev–Trinajstić information content (AvgIpc) is 3.85. The van der Waals surface area contributed by atoms with E-state index in [-0.39, 0.29) is 10.8 Å². The van der Waals surface area contributed by atoms with Crippen molar-refractivity contribution in [1.82, 2.24) is 0 Å². The maximum absolute atomic E-state index is 2.48. The molecule has 0 fully saturated rings. The molecule has 0 saturated carbocycles. The Kier molecular flexibility index (Phi) is 8.08. The van der Waals surface area contributed by atoms with E-state index >= 15 is 0 Å². The summed E-state index contributed by atoms with van der Waals surface area (Å²) in [6.45, 7) is 9.49. The molecule has 2 heteroatoms. The van der Waals surface area contributed by atoms with Crippen LogP contribution in [0, 0.1) is 0 Å². The Bertz CT molecular complexity index is 3080. The van der Waals surface area contributed by atoms with Crippen LogP contribution in [0.25, 0.3) is 44.5 Å². The van der Waals surface area contributed by atoms with Gasteiger partial charge in [-0.2, -0.15) is 0 Å². The number of fused-ring (bicyclic) bond motifs is 9. The molecule has 9 aromatic carbocycles. The smallest absolute Gasteiger partial charge is 0.0465 e. The maximum Gasteiger partial charge on any atom is 0.0465 e. The molecule has 0 radical (unpaired) electrons. The van der Waals surface area contributed by atoms with Crippen molar-refractivity contribution >= 4 is 27.1 Å². The van der Waals surface area contributed by atoms with Gasteiger partial charge < -0.3 is 4.90 Å². The maximum atomic E-state index is 2.48. The standard InChI is InChI=1S/C60H47NS/c1-59(2)52-26-14-11-22-47(52)49-36-34-42(38-54(49)59)61(43-35-37-50-48-23-12-15-27-53(48)60(3,4)55(50)39-43)41-32-30-40(31-33-41)46-25-17-29-57-58(46)51-24-13-16-28-56(51)62(57,44-18-7-5-8-19-44)45-20-9-6-10-21-45/h5-39H,1-4H3. The highest BCUT2D eigenvalue weighted by molar-refractivity contribution is 8.34. The Balaban J connectivity index is 1.03. The second kappa shape index (κ2) is 13.6. The number of anilines is 3. The summed E-state index contributed by atoms with van der Waals surface area (Å²) in [5.74, 6) is 0. The lowest BCUT2D eigenvalue weighted by Gasteiger charge is -2.39. The van der Waals surface area contributed by atoms with E-state index in [0.29, 0.717) is 0 Å². The second-order valence-electron chi connectivity index (χ2n) is 18.1. The van der Waals surface area contributed by atoms with Gasteiger partial charge >= 0.3 is 0 Å². The fourth-order valence-corrected chi connectivity index (χ4v) is 15.4. The highest BCUT2D eigenvalue weighted by atomic mass is 32.3. The summed E-state index contributed by atoms with van der Waals surface area (Å²) in [7, 11) is -1.74. The Morgan fingerprint density at radius 1 is 0.323 bits per heavy atom. The van der Waals surface area contributed by atoms with Crippen LogP contribution >= 0.6 is 10.0 Å². The van der Waals surface area contributed by atoms with Crippen molar-refractivity contribution < 1.29 is 0 Å². The summed E-state index contributed by atoms with van der Waals surface area (Å²) >= 11 is 0. The summed E-state index contributed by atoms with van der Waals surface area (Å²) in [6, 6.07) is 80.0. The quantitative estimate of drug-likeness (QED) is 0.162. The molecular formula is C60H47NS. The van der Waals surface area contributed by atoms with Gasteiger partial charge in [-0.3, -0.25) is 0 Å². The van der Waals surface area contributed by atoms with Crippen molar-refractivity contribution in [2.24, 2.45) is 0 Å². The summed E-state index contributed by atoms with van der Waals surface area (Å²) in [4.78, 5) is 8.02. The van der Waals surface area contributed by atoms with E-state index in [1.165, 1.54) is 97.7 Å². The highest BCUT2D eigenvalue weighted by Crippen LogP contribution is 2.80. The van der Waals surface area contributed by atoms with Crippen molar-refractivity contribution in [3.8, 4) is 44.5 Å². The van der Waals surface area contributed by atoms with Gasteiger partial charge in [-0.25, -0.2) is 0 Å². The molecule has 0 amide bonds. The minimum absolute atomic E-state index is 0.111. The van der Waals surface area contributed by atoms with Crippen LogP contribution in [0.3, 0.4) is 0 Å². The Morgan fingerprint density at radius 2 is 0.742 bits per heavy atom. The van der Waals surface area contributed by atoms with Gasteiger partial charge in [0.15, 0.2) is 0 Å². The zero-order chi connectivity index (χ0) is 41.8. The van der Waals surface area contributed by atoms with Gasteiger partial charge in [0.05, 0.1) is 0 Å². The van der Waals surface area contributed by atoms with Crippen molar-refractivity contribution in [1.29, 1.82) is 0 Å². The fraction of sp³-hybridized carbons (Fsp3) is 0.100. The SMILES string of the molecule is CC1(C)c2ccccc2-c2ccc(N(c3ccc(-c4cccc5c4-c4ccccc4S5(c4ccccc4)c4ccccc4)cc3)c3ccc4c(c3)C(C)(C)c3ccccc3-4)cc21. The molecule has 9 aromatic rings. The van der Waals surface area contributed by atoms with Gasteiger partial charge in [-0.05, 0) is 134 Å². The van der Waals surface area contributed by atoms with Crippen LogP contribution in [0.2, 0.25) is 0 Å². The Hall–Kier alpha value is -6.87. The summed E-state index contributed by atoms with van der Waals surface area (Å²) in [5.41, 5.74) is 19.3. The predicted molar refractivity (Wildman–Crippen MR) is 261 cm³/mol. The van der Waals surface area contributed by atoms with Crippen molar-refractivity contribution in [3.05, 3.63) is 235 Å². The van der Waals surface area contributed by atoms with Gasteiger partial charge in [0, 0.05) is 53.0 Å². The van der Waals surface area contributed by atoms with E-state index in [2.05, 4.69) is 245 Å². The van der Waals surface area contributed by atoms with Crippen molar-refractivity contribution in [3.63, 3.8) is 0 Å². The molecule has 12 rings (SSSR count). The molecule has 1 nitrogen and oxygen atoms in total. The lowest BCUT2D eigenvalue weighted by Crippen LogP contribution is -2.18. The van der Waals surface area contributed by atoms with Gasteiger partial charge in [-0.15, -0.1) is 10.0 Å². The van der Waals surface area contributed by atoms with E-state index < -0.39 is 10.0 Å². The normalized spacial score (nSPS) is 15.7. The molecule has 1 heterocycles. The first-order valence-electron chi connectivity index (χ1n) is 21.8. The number of hydrogen-bond donors (Lipinski definition) is 0. The van der Waals surface area contributed by atoms with Crippen molar-refractivity contribution in [2.75, 3.05) is 4.90 Å². The van der Waals surface area contributed by atoms with Gasteiger partial charge in [0.2, 0.25) is 0 Å². The summed E-state index contributed by atoms with van der Waals surface area (Å²) < 4.78 is 0. The second-order valence-corrected chi connectivity index (χ2v) is 21.1. The summed E-state index contributed by atoms with van der Waals surface area (Å²) in [6.07, 6.45) is 0. The third-order valence-corrected chi connectivity index (χ3v) is 18.1. The van der Waals surface area contributed by atoms with Gasteiger partial charge in [0.1, 0.15) is 0 Å². The lowest BCUT2D eigenvalue weighted by molar-refractivity contribution is 0.660. The molecule has 3 aliphatic rings. The monoisotopic (exact) mass is 813 g/mol. The van der Waals surface area contributed by atoms with Gasteiger partial charge in [0.25, 0.3) is 0 Å². The minimum atomic E-state index is -1.74.